The Morgan fingerprint density at radius 1 is 1.09 bits per heavy atom. The van der Waals surface area contributed by atoms with Gasteiger partial charge >= 0.3 is 5.63 Å². The number of hydrogen-bond acceptors (Lipinski definition) is 5. The molecule has 0 bridgehead atoms. The lowest BCUT2D eigenvalue weighted by molar-refractivity contribution is 0.481. The fraction of sp³-hybridized carbons (Fsp3) is 0.0625. The van der Waals surface area contributed by atoms with E-state index in [4.69, 9.17) is 8.83 Å². The van der Waals surface area contributed by atoms with Crippen molar-refractivity contribution in [2.24, 2.45) is 0 Å². The molecule has 0 unspecified atom stereocenters. The number of hydrogen-bond donors (Lipinski definition) is 0. The molecule has 0 N–H and O–H groups in total. The summed E-state index contributed by atoms with van der Waals surface area (Å²) in [4.78, 5) is 16.7. The summed E-state index contributed by atoms with van der Waals surface area (Å²) >= 11 is 0. The zero-order chi connectivity index (χ0) is 15.1. The van der Waals surface area contributed by atoms with Gasteiger partial charge in [0.1, 0.15) is 5.39 Å². The van der Waals surface area contributed by atoms with Crippen molar-refractivity contribution in [3.8, 4) is 17.3 Å². The molecule has 108 valence electrons. The van der Waals surface area contributed by atoms with Crippen molar-refractivity contribution in [2.75, 3.05) is 0 Å². The number of nitrogens with zero attached hydrogens (tertiary/aromatic N) is 3. The smallest absolute Gasteiger partial charge is 0.350 e. The van der Waals surface area contributed by atoms with E-state index in [9.17, 15) is 4.79 Å². The van der Waals surface area contributed by atoms with Gasteiger partial charge in [0, 0.05) is 0 Å². The van der Waals surface area contributed by atoms with Gasteiger partial charge in [-0.2, -0.15) is 10.1 Å². The third-order valence-corrected chi connectivity index (χ3v) is 3.37. The van der Waals surface area contributed by atoms with Crippen molar-refractivity contribution in [1.29, 1.82) is 0 Å². The number of fused-ring (bicyclic) bond motifs is 1. The minimum atomic E-state index is -0.476. The summed E-state index contributed by atoms with van der Waals surface area (Å²) in [6.07, 6.45) is 1.50. The van der Waals surface area contributed by atoms with Crippen LogP contribution >= 0.6 is 0 Å². The van der Waals surface area contributed by atoms with E-state index in [1.54, 1.807) is 23.7 Å². The van der Waals surface area contributed by atoms with Gasteiger partial charge in [0.05, 0.1) is 17.6 Å². The molecule has 4 rings (SSSR count). The molecule has 3 heterocycles. The number of aromatic nitrogens is 3. The highest BCUT2D eigenvalue weighted by molar-refractivity contribution is 5.79. The van der Waals surface area contributed by atoms with Crippen molar-refractivity contribution in [1.82, 2.24) is 14.8 Å². The van der Waals surface area contributed by atoms with Gasteiger partial charge < -0.3 is 8.83 Å². The van der Waals surface area contributed by atoms with E-state index >= 15 is 0 Å². The Hall–Kier alpha value is -3.15. The van der Waals surface area contributed by atoms with Gasteiger partial charge in [-0.1, -0.05) is 18.2 Å². The molecule has 0 aliphatic heterocycles. The molecular formula is C16H11N3O3. The van der Waals surface area contributed by atoms with Gasteiger partial charge in [-0.25, -0.2) is 9.48 Å². The van der Waals surface area contributed by atoms with Crippen molar-refractivity contribution >= 4 is 11.0 Å². The van der Waals surface area contributed by atoms with Gasteiger partial charge in [-0.15, -0.1) is 0 Å². The van der Waals surface area contributed by atoms with Gasteiger partial charge in [0.2, 0.25) is 0 Å². The summed E-state index contributed by atoms with van der Waals surface area (Å²) in [5, 5.41) is 4.78. The number of aryl methyl sites for hydroxylation is 1. The van der Waals surface area contributed by atoms with Crippen LogP contribution in [0.5, 0.6) is 0 Å². The molecule has 0 saturated carbocycles. The van der Waals surface area contributed by atoms with Gasteiger partial charge in [0.15, 0.2) is 11.4 Å². The van der Waals surface area contributed by atoms with Crippen molar-refractivity contribution in [3.63, 3.8) is 0 Å². The minimum absolute atomic E-state index is 0.139. The molecule has 0 amide bonds. The summed E-state index contributed by atoms with van der Waals surface area (Å²) in [6.45, 7) is 1.76. The van der Waals surface area contributed by atoms with Crippen LogP contribution in [-0.2, 0) is 0 Å². The van der Waals surface area contributed by atoms with Crippen LogP contribution in [0.15, 0.2) is 62.4 Å². The molecule has 6 heteroatoms. The molecule has 4 aromatic rings. The molecule has 0 saturated heterocycles. The molecule has 0 atom stereocenters. The molecule has 0 spiro atoms. The van der Waals surface area contributed by atoms with Crippen LogP contribution in [-0.4, -0.2) is 14.8 Å². The number of benzene rings is 1. The second kappa shape index (κ2) is 4.70. The van der Waals surface area contributed by atoms with Gasteiger partial charge in [-0.05, 0) is 31.2 Å². The molecule has 3 aromatic heterocycles. The quantitative estimate of drug-likeness (QED) is 0.568. The van der Waals surface area contributed by atoms with Gasteiger partial charge in [-0.3, -0.25) is 0 Å². The predicted molar refractivity (Wildman–Crippen MR) is 79.8 cm³/mol. The molecule has 1 aromatic carbocycles. The van der Waals surface area contributed by atoms with E-state index in [-0.39, 0.29) is 5.89 Å². The Balaban J connectivity index is 2.05. The van der Waals surface area contributed by atoms with Crippen LogP contribution in [0.2, 0.25) is 0 Å². The summed E-state index contributed by atoms with van der Waals surface area (Å²) < 4.78 is 12.1. The number of rotatable bonds is 2. The Morgan fingerprint density at radius 2 is 1.91 bits per heavy atom. The van der Waals surface area contributed by atoms with E-state index in [1.807, 2.05) is 30.3 Å². The molecule has 0 fully saturated rings. The average molecular weight is 293 g/mol. The Morgan fingerprint density at radius 3 is 2.64 bits per heavy atom. The number of para-hydroxylation sites is 1. The van der Waals surface area contributed by atoms with E-state index in [0.29, 0.717) is 22.5 Å². The van der Waals surface area contributed by atoms with Crippen molar-refractivity contribution in [2.45, 2.75) is 6.92 Å². The van der Waals surface area contributed by atoms with Crippen LogP contribution in [0.4, 0.5) is 0 Å². The van der Waals surface area contributed by atoms with Crippen molar-refractivity contribution in [3.05, 3.63) is 64.8 Å². The lowest BCUT2D eigenvalue weighted by Crippen LogP contribution is -2.04. The first-order valence-corrected chi connectivity index (χ1v) is 6.74. The predicted octanol–water partition coefficient (Wildman–Crippen LogP) is 2.94. The first-order valence-electron chi connectivity index (χ1n) is 6.74. The summed E-state index contributed by atoms with van der Waals surface area (Å²) in [6, 6.07) is 12.9. The summed E-state index contributed by atoms with van der Waals surface area (Å²) in [5.41, 5.74) is 1.37. The lowest BCUT2D eigenvalue weighted by atomic mass is 10.3. The Kier molecular flexibility index (Phi) is 2.69. The first kappa shape index (κ1) is 12.6. The second-order valence-electron chi connectivity index (χ2n) is 4.82. The molecular weight excluding hydrogens is 282 g/mol. The largest absolute Gasteiger partial charge is 0.459 e. The normalized spacial score (nSPS) is 11.1. The highest BCUT2D eigenvalue weighted by atomic mass is 16.4. The standard InChI is InChI=1S/C16H11N3O3/c1-10-13-14(19(18-10)11-6-3-2-4-7-11)17-15(22-16(13)20)12-8-5-9-21-12/h2-9H,1H3. The topological polar surface area (TPSA) is 74.1 Å². The maximum atomic E-state index is 12.3. The first-order chi connectivity index (χ1) is 10.7. The summed E-state index contributed by atoms with van der Waals surface area (Å²) in [7, 11) is 0. The molecule has 0 aliphatic carbocycles. The lowest BCUT2D eigenvalue weighted by Gasteiger charge is -2.02. The third kappa shape index (κ3) is 1.85. The van der Waals surface area contributed by atoms with Crippen LogP contribution < -0.4 is 5.63 Å². The Bertz CT molecular complexity index is 998. The van der Waals surface area contributed by atoms with E-state index in [1.165, 1.54) is 6.26 Å². The third-order valence-electron chi connectivity index (χ3n) is 3.37. The van der Waals surface area contributed by atoms with Crippen LogP contribution in [0, 0.1) is 6.92 Å². The fourth-order valence-corrected chi connectivity index (χ4v) is 2.37. The zero-order valence-electron chi connectivity index (χ0n) is 11.7. The molecule has 0 aliphatic rings. The highest BCUT2D eigenvalue weighted by Crippen LogP contribution is 2.22. The monoisotopic (exact) mass is 293 g/mol. The van der Waals surface area contributed by atoms with Crippen LogP contribution in [0.3, 0.4) is 0 Å². The fourth-order valence-electron chi connectivity index (χ4n) is 2.37. The van der Waals surface area contributed by atoms with E-state index in [0.717, 1.165) is 5.69 Å². The SMILES string of the molecule is Cc1nn(-c2ccccc2)c2nc(-c3ccco3)oc(=O)c12. The van der Waals surface area contributed by atoms with E-state index < -0.39 is 5.63 Å². The van der Waals surface area contributed by atoms with Crippen molar-refractivity contribution < 1.29 is 8.83 Å². The summed E-state index contributed by atoms with van der Waals surface area (Å²) in [5.74, 6) is 0.539. The average Bonchev–Trinajstić information content (AvgIpc) is 3.16. The van der Waals surface area contributed by atoms with Crippen LogP contribution in [0.1, 0.15) is 5.69 Å². The van der Waals surface area contributed by atoms with E-state index in [2.05, 4.69) is 10.1 Å². The van der Waals surface area contributed by atoms with Crippen LogP contribution in [0.25, 0.3) is 28.4 Å². The second-order valence-corrected chi connectivity index (χ2v) is 4.82. The molecule has 0 radical (unpaired) electrons. The highest BCUT2D eigenvalue weighted by Gasteiger charge is 2.18. The number of furan rings is 1. The Labute approximate surface area is 124 Å². The maximum absolute atomic E-state index is 12.3. The van der Waals surface area contributed by atoms with Gasteiger partial charge in [0.25, 0.3) is 5.89 Å². The minimum Gasteiger partial charge on any atom is -0.459 e. The molecule has 22 heavy (non-hydrogen) atoms. The zero-order valence-corrected chi connectivity index (χ0v) is 11.7. The molecule has 6 nitrogen and oxygen atoms in total. The maximum Gasteiger partial charge on any atom is 0.350 e.